The maximum atomic E-state index is 12.6. The lowest BCUT2D eigenvalue weighted by molar-refractivity contribution is -0.0375. The van der Waals surface area contributed by atoms with Gasteiger partial charge in [-0.25, -0.2) is 14.4 Å². The first-order valence-corrected chi connectivity index (χ1v) is 3.68. The van der Waals surface area contributed by atoms with Crippen molar-refractivity contribution in [3.63, 3.8) is 0 Å². The Morgan fingerprint density at radius 2 is 2.38 bits per heavy atom. The minimum Gasteiger partial charge on any atom is -0.286 e. The van der Waals surface area contributed by atoms with E-state index < -0.39 is 11.7 Å². The standard InChI is InChI=1S/C7H6ClFN2O2/c1-11(13)7(12)5-2-4(9)3-10-6(5)8/h2-3,13H,1H3. The number of aromatic nitrogens is 1. The van der Waals surface area contributed by atoms with Gasteiger partial charge in [-0.1, -0.05) is 11.6 Å². The van der Waals surface area contributed by atoms with Crippen LogP contribution >= 0.6 is 11.6 Å². The van der Waals surface area contributed by atoms with Crippen LogP contribution in [0.5, 0.6) is 0 Å². The molecule has 6 heteroatoms. The van der Waals surface area contributed by atoms with Gasteiger partial charge in [0.15, 0.2) is 0 Å². The van der Waals surface area contributed by atoms with Gasteiger partial charge in [-0.2, -0.15) is 0 Å². The van der Waals surface area contributed by atoms with Crippen molar-refractivity contribution in [3.05, 3.63) is 28.8 Å². The molecule has 1 amide bonds. The van der Waals surface area contributed by atoms with E-state index in [0.29, 0.717) is 5.06 Å². The van der Waals surface area contributed by atoms with Gasteiger partial charge in [0.1, 0.15) is 11.0 Å². The molecule has 13 heavy (non-hydrogen) atoms. The highest BCUT2D eigenvalue weighted by Crippen LogP contribution is 2.14. The van der Waals surface area contributed by atoms with Crippen molar-refractivity contribution in [2.75, 3.05) is 7.05 Å². The molecule has 0 saturated heterocycles. The summed E-state index contributed by atoms with van der Waals surface area (Å²) < 4.78 is 12.6. The Morgan fingerprint density at radius 3 is 2.92 bits per heavy atom. The maximum Gasteiger partial charge on any atom is 0.280 e. The van der Waals surface area contributed by atoms with Crippen LogP contribution in [0.25, 0.3) is 0 Å². The first kappa shape index (κ1) is 9.88. The van der Waals surface area contributed by atoms with E-state index in [0.717, 1.165) is 19.3 Å². The molecule has 0 unspecified atom stereocenters. The molecule has 0 aromatic carbocycles. The van der Waals surface area contributed by atoms with Gasteiger partial charge in [0.25, 0.3) is 5.91 Å². The fraction of sp³-hybridized carbons (Fsp3) is 0.143. The Hall–Kier alpha value is -1.20. The van der Waals surface area contributed by atoms with E-state index in [1.165, 1.54) is 0 Å². The minimum atomic E-state index is -0.808. The van der Waals surface area contributed by atoms with E-state index in [-0.39, 0.29) is 10.7 Å². The molecule has 1 N–H and O–H groups in total. The average Bonchev–Trinajstić information content (AvgIpc) is 2.08. The summed E-state index contributed by atoms with van der Waals surface area (Å²) in [4.78, 5) is 14.5. The molecule has 0 saturated carbocycles. The van der Waals surface area contributed by atoms with Crippen molar-refractivity contribution in [1.29, 1.82) is 0 Å². The Bertz CT molecular complexity index is 343. The van der Waals surface area contributed by atoms with E-state index in [9.17, 15) is 9.18 Å². The van der Waals surface area contributed by atoms with E-state index in [1.54, 1.807) is 0 Å². The van der Waals surface area contributed by atoms with Crippen LogP contribution in [0.1, 0.15) is 10.4 Å². The number of hydrogen-bond acceptors (Lipinski definition) is 3. The van der Waals surface area contributed by atoms with Crippen LogP contribution in [-0.2, 0) is 0 Å². The number of pyridine rings is 1. The molecule has 0 aliphatic rings. The van der Waals surface area contributed by atoms with Gasteiger partial charge in [0.05, 0.1) is 11.8 Å². The second kappa shape index (κ2) is 3.68. The molecule has 0 aliphatic carbocycles. The number of hydroxylamine groups is 2. The lowest BCUT2D eigenvalue weighted by Crippen LogP contribution is -2.23. The summed E-state index contributed by atoms with van der Waals surface area (Å²) in [7, 11) is 1.11. The van der Waals surface area contributed by atoms with E-state index in [2.05, 4.69) is 4.98 Å². The number of nitrogens with zero attached hydrogens (tertiary/aromatic N) is 2. The highest BCUT2D eigenvalue weighted by Gasteiger charge is 2.15. The maximum absolute atomic E-state index is 12.6. The number of carbonyl (C=O) groups is 1. The summed E-state index contributed by atoms with van der Waals surface area (Å²) >= 11 is 5.50. The quantitative estimate of drug-likeness (QED) is 0.427. The number of amides is 1. The first-order chi connectivity index (χ1) is 6.02. The lowest BCUT2D eigenvalue weighted by atomic mass is 10.2. The summed E-state index contributed by atoms with van der Waals surface area (Å²) in [5, 5.41) is 8.93. The fourth-order valence-corrected chi connectivity index (χ4v) is 0.931. The van der Waals surface area contributed by atoms with Gasteiger partial charge in [-0.05, 0) is 6.07 Å². The zero-order valence-electron chi connectivity index (χ0n) is 6.66. The predicted octanol–water partition coefficient (Wildman–Crippen LogP) is 1.34. The molecule has 1 heterocycles. The molecule has 0 radical (unpaired) electrons. The molecular formula is C7H6ClFN2O2. The summed E-state index contributed by atoms with van der Waals surface area (Å²) in [6.45, 7) is 0. The monoisotopic (exact) mass is 204 g/mol. The van der Waals surface area contributed by atoms with E-state index in [4.69, 9.17) is 16.8 Å². The zero-order chi connectivity index (χ0) is 10.0. The topological polar surface area (TPSA) is 53.4 Å². The molecule has 0 spiro atoms. The third-order valence-corrected chi connectivity index (χ3v) is 1.63. The summed E-state index contributed by atoms with van der Waals surface area (Å²) in [6.07, 6.45) is 0.885. The highest BCUT2D eigenvalue weighted by atomic mass is 35.5. The molecule has 0 fully saturated rings. The molecule has 0 atom stereocenters. The van der Waals surface area contributed by atoms with Crippen molar-refractivity contribution >= 4 is 17.5 Å². The molecule has 4 nitrogen and oxygen atoms in total. The van der Waals surface area contributed by atoms with Crippen LogP contribution in [-0.4, -0.2) is 28.2 Å². The normalized spacial score (nSPS) is 9.85. The zero-order valence-corrected chi connectivity index (χ0v) is 7.42. The average molecular weight is 205 g/mol. The Morgan fingerprint density at radius 1 is 1.77 bits per heavy atom. The number of rotatable bonds is 1. The van der Waals surface area contributed by atoms with E-state index in [1.807, 2.05) is 0 Å². The summed E-state index contributed by atoms with van der Waals surface area (Å²) in [5.74, 6) is -1.49. The predicted molar refractivity (Wildman–Crippen MR) is 43.1 cm³/mol. The molecule has 0 bridgehead atoms. The van der Waals surface area contributed by atoms with Crippen LogP contribution < -0.4 is 0 Å². The summed E-state index contributed by atoms with van der Waals surface area (Å²) in [5.41, 5.74) is -0.174. The Kier molecular flexibility index (Phi) is 2.79. The second-order valence-electron chi connectivity index (χ2n) is 2.32. The molecule has 1 aromatic rings. The Labute approximate surface area is 78.5 Å². The summed E-state index contributed by atoms with van der Waals surface area (Å²) in [6, 6.07) is 0.907. The Balaban J connectivity index is 3.13. The van der Waals surface area contributed by atoms with Gasteiger partial charge in [-0.3, -0.25) is 10.0 Å². The van der Waals surface area contributed by atoms with Gasteiger partial charge in [0.2, 0.25) is 0 Å². The van der Waals surface area contributed by atoms with Crippen LogP contribution in [0.2, 0.25) is 5.15 Å². The highest BCUT2D eigenvalue weighted by molar-refractivity contribution is 6.32. The number of carbonyl (C=O) groups excluding carboxylic acids is 1. The van der Waals surface area contributed by atoms with Crippen molar-refractivity contribution in [2.24, 2.45) is 0 Å². The lowest BCUT2D eigenvalue weighted by Gasteiger charge is -2.08. The molecule has 70 valence electrons. The van der Waals surface area contributed by atoms with Crippen molar-refractivity contribution in [1.82, 2.24) is 10.0 Å². The largest absolute Gasteiger partial charge is 0.286 e. The van der Waals surface area contributed by atoms with E-state index >= 15 is 0 Å². The number of hydrogen-bond donors (Lipinski definition) is 1. The first-order valence-electron chi connectivity index (χ1n) is 3.30. The van der Waals surface area contributed by atoms with Gasteiger partial charge in [0, 0.05) is 7.05 Å². The second-order valence-corrected chi connectivity index (χ2v) is 2.68. The van der Waals surface area contributed by atoms with Crippen LogP contribution in [0.3, 0.4) is 0 Å². The van der Waals surface area contributed by atoms with Crippen molar-refractivity contribution in [2.45, 2.75) is 0 Å². The fourth-order valence-electron chi connectivity index (χ4n) is 0.747. The molecule has 1 aromatic heterocycles. The third-order valence-electron chi connectivity index (χ3n) is 1.33. The van der Waals surface area contributed by atoms with Crippen LogP contribution in [0.4, 0.5) is 4.39 Å². The van der Waals surface area contributed by atoms with Gasteiger partial charge in [-0.15, -0.1) is 0 Å². The van der Waals surface area contributed by atoms with Crippen molar-refractivity contribution < 1.29 is 14.4 Å². The van der Waals surface area contributed by atoms with Crippen molar-refractivity contribution in [3.8, 4) is 0 Å². The van der Waals surface area contributed by atoms with Crippen LogP contribution in [0, 0.1) is 5.82 Å². The number of halogens is 2. The third kappa shape index (κ3) is 2.13. The molecular weight excluding hydrogens is 199 g/mol. The van der Waals surface area contributed by atoms with Gasteiger partial charge < -0.3 is 0 Å². The molecule has 1 rings (SSSR count). The van der Waals surface area contributed by atoms with Gasteiger partial charge >= 0.3 is 0 Å². The molecule has 0 aliphatic heterocycles. The smallest absolute Gasteiger partial charge is 0.280 e. The van der Waals surface area contributed by atoms with Crippen LogP contribution in [0.15, 0.2) is 12.3 Å². The minimum absolute atomic E-state index is 0.146. The SMILES string of the molecule is CN(O)C(=O)c1cc(F)cnc1Cl.